The molecule has 13 heavy (non-hydrogen) atoms. The summed E-state index contributed by atoms with van der Waals surface area (Å²) in [5, 5.41) is 2.72. The Morgan fingerprint density at radius 3 is 2.54 bits per heavy atom. The van der Waals surface area contributed by atoms with Crippen molar-refractivity contribution < 1.29 is 4.79 Å². The molecular weight excluding hydrogens is 184 g/mol. The van der Waals surface area contributed by atoms with Gasteiger partial charge in [-0.2, -0.15) is 0 Å². The van der Waals surface area contributed by atoms with Crippen LogP contribution in [0.4, 0.5) is 5.69 Å². The summed E-state index contributed by atoms with van der Waals surface area (Å²) in [5.74, 6) is -0.0607. The average molecular weight is 196 g/mol. The summed E-state index contributed by atoms with van der Waals surface area (Å²) in [7, 11) is 0. The Bertz CT molecular complexity index is 284. The minimum absolute atomic E-state index is 0.0607. The Labute approximate surface area is 82.7 Å². The second-order valence-electron chi connectivity index (χ2n) is 2.63. The van der Waals surface area contributed by atoms with Crippen molar-refractivity contribution in [2.45, 2.75) is 11.3 Å². The molecule has 0 aliphatic heterocycles. The molecule has 0 radical (unpaired) electrons. The molecule has 0 fully saturated rings. The average Bonchev–Trinajstić information content (AvgIpc) is 2.09. The predicted molar refractivity (Wildman–Crippen MR) is 56.0 cm³/mol. The van der Waals surface area contributed by atoms with Gasteiger partial charge < -0.3 is 11.1 Å². The fourth-order valence-corrected chi connectivity index (χ4v) is 1.05. The summed E-state index contributed by atoms with van der Waals surface area (Å²) in [4.78, 5) is 12.0. The number of carbonyl (C=O) groups excluding carboxylic acids is 1. The van der Waals surface area contributed by atoms with Crippen molar-refractivity contribution in [3.8, 4) is 0 Å². The number of nitrogens with two attached hydrogens (primary N) is 1. The molecular formula is C9H12N2OS. The van der Waals surface area contributed by atoms with Crippen LogP contribution in [-0.2, 0) is 4.79 Å². The molecule has 1 aromatic carbocycles. The fourth-order valence-electron chi connectivity index (χ4n) is 0.899. The van der Waals surface area contributed by atoms with Crippen molar-refractivity contribution in [2.24, 2.45) is 5.73 Å². The third kappa shape index (κ3) is 3.48. The zero-order chi connectivity index (χ0) is 9.68. The van der Waals surface area contributed by atoms with Gasteiger partial charge in [0.05, 0.1) is 0 Å². The van der Waals surface area contributed by atoms with Crippen LogP contribution in [0.5, 0.6) is 0 Å². The van der Waals surface area contributed by atoms with Gasteiger partial charge >= 0.3 is 0 Å². The molecule has 1 aromatic rings. The lowest BCUT2D eigenvalue weighted by molar-refractivity contribution is -0.116. The normalized spacial score (nSPS) is 9.69. The zero-order valence-corrected chi connectivity index (χ0v) is 8.05. The molecule has 3 N–H and O–H groups in total. The maximum atomic E-state index is 11.1. The SMILES string of the molecule is NCCC(=O)Nc1ccc(S)cc1. The van der Waals surface area contributed by atoms with E-state index in [1.165, 1.54) is 0 Å². The molecule has 3 nitrogen and oxygen atoms in total. The van der Waals surface area contributed by atoms with Crippen LogP contribution in [0.25, 0.3) is 0 Å². The standard InChI is InChI=1S/C9H12N2OS/c10-6-5-9(12)11-7-1-3-8(13)4-2-7/h1-4,13H,5-6,10H2,(H,11,12). The molecule has 0 unspecified atom stereocenters. The molecule has 0 bridgehead atoms. The molecule has 70 valence electrons. The van der Waals surface area contributed by atoms with Crippen LogP contribution in [0.1, 0.15) is 6.42 Å². The molecule has 4 heteroatoms. The van der Waals surface area contributed by atoms with E-state index in [0.29, 0.717) is 13.0 Å². The zero-order valence-electron chi connectivity index (χ0n) is 7.16. The molecule has 0 spiro atoms. The maximum absolute atomic E-state index is 11.1. The van der Waals surface area contributed by atoms with Gasteiger partial charge in [0.25, 0.3) is 0 Å². The van der Waals surface area contributed by atoms with E-state index in [4.69, 9.17) is 5.73 Å². The number of nitrogens with one attached hydrogen (secondary N) is 1. The predicted octanol–water partition coefficient (Wildman–Crippen LogP) is 1.26. The van der Waals surface area contributed by atoms with E-state index in [1.54, 1.807) is 12.1 Å². The first kappa shape index (κ1) is 10.1. The quantitative estimate of drug-likeness (QED) is 0.637. The van der Waals surface area contributed by atoms with E-state index < -0.39 is 0 Å². The van der Waals surface area contributed by atoms with Gasteiger partial charge in [-0.15, -0.1) is 12.6 Å². The second kappa shape index (κ2) is 4.89. The van der Waals surface area contributed by atoms with E-state index in [-0.39, 0.29) is 5.91 Å². The van der Waals surface area contributed by atoms with Crippen LogP contribution in [0.15, 0.2) is 29.2 Å². The van der Waals surface area contributed by atoms with E-state index in [1.807, 2.05) is 12.1 Å². The number of benzene rings is 1. The maximum Gasteiger partial charge on any atom is 0.225 e. The van der Waals surface area contributed by atoms with Crippen LogP contribution in [0.2, 0.25) is 0 Å². The Balaban J connectivity index is 2.54. The van der Waals surface area contributed by atoms with E-state index in [9.17, 15) is 4.79 Å². The first-order valence-electron chi connectivity index (χ1n) is 4.01. The topological polar surface area (TPSA) is 55.1 Å². The second-order valence-corrected chi connectivity index (χ2v) is 3.15. The van der Waals surface area contributed by atoms with E-state index in [0.717, 1.165) is 10.6 Å². The molecule has 0 aliphatic rings. The van der Waals surface area contributed by atoms with Crippen LogP contribution < -0.4 is 11.1 Å². The van der Waals surface area contributed by atoms with Crippen LogP contribution in [0.3, 0.4) is 0 Å². The first-order chi connectivity index (χ1) is 6.22. The molecule has 0 aliphatic carbocycles. The number of carbonyl (C=O) groups is 1. The number of anilines is 1. The van der Waals surface area contributed by atoms with Crippen molar-refractivity contribution in [3.63, 3.8) is 0 Å². The van der Waals surface area contributed by atoms with Crippen LogP contribution in [-0.4, -0.2) is 12.5 Å². The largest absolute Gasteiger partial charge is 0.330 e. The summed E-state index contributed by atoms with van der Waals surface area (Å²) < 4.78 is 0. The number of rotatable bonds is 3. The van der Waals surface area contributed by atoms with Gasteiger partial charge in [0, 0.05) is 23.5 Å². The first-order valence-corrected chi connectivity index (χ1v) is 4.46. The van der Waals surface area contributed by atoms with Crippen molar-refractivity contribution in [2.75, 3.05) is 11.9 Å². The highest BCUT2D eigenvalue weighted by atomic mass is 32.1. The Morgan fingerprint density at radius 2 is 2.00 bits per heavy atom. The van der Waals surface area contributed by atoms with Crippen molar-refractivity contribution in [1.29, 1.82) is 0 Å². The van der Waals surface area contributed by atoms with Gasteiger partial charge in [0.1, 0.15) is 0 Å². The number of hydrogen-bond donors (Lipinski definition) is 3. The number of thiol groups is 1. The molecule has 0 heterocycles. The molecule has 0 saturated heterocycles. The fraction of sp³-hybridized carbons (Fsp3) is 0.222. The summed E-state index contributed by atoms with van der Waals surface area (Å²) in [6.45, 7) is 0.372. The Hall–Kier alpha value is -1.00. The van der Waals surface area contributed by atoms with Crippen LogP contribution in [0, 0.1) is 0 Å². The molecule has 1 rings (SSSR count). The minimum Gasteiger partial charge on any atom is -0.330 e. The monoisotopic (exact) mass is 196 g/mol. The number of hydrogen-bond acceptors (Lipinski definition) is 3. The van der Waals surface area contributed by atoms with Crippen LogP contribution >= 0.6 is 12.6 Å². The lowest BCUT2D eigenvalue weighted by Crippen LogP contribution is -2.15. The molecule has 0 aromatic heterocycles. The van der Waals surface area contributed by atoms with Gasteiger partial charge in [-0.05, 0) is 24.3 Å². The molecule has 1 amide bonds. The van der Waals surface area contributed by atoms with Gasteiger partial charge in [-0.3, -0.25) is 4.79 Å². The lowest BCUT2D eigenvalue weighted by atomic mass is 10.3. The molecule has 0 saturated carbocycles. The van der Waals surface area contributed by atoms with E-state index in [2.05, 4.69) is 17.9 Å². The number of amides is 1. The van der Waals surface area contributed by atoms with Gasteiger partial charge in [-0.25, -0.2) is 0 Å². The highest BCUT2D eigenvalue weighted by molar-refractivity contribution is 7.80. The molecule has 0 atom stereocenters. The summed E-state index contributed by atoms with van der Waals surface area (Å²) in [6.07, 6.45) is 0.350. The summed E-state index contributed by atoms with van der Waals surface area (Å²) in [6, 6.07) is 7.25. The highest BCUT2D eigenvalue weighted by Gasteiger charge is 1.99. The Morgan fingerprint density at radius 1 is 1.38 bits per heavy atom. The van der Waals surface area contributed by atoms with Crippen molar-refractivity contribution >= 4 is 24.2 Å². The van der Waals surface area contributed by atoms with Gasteiger partial charge in [0.2, 0.25) is 5.91 Å². The van der Waals surface area contributed by atoms with Gasteiger partial charge in [-0.1, -0.05) is 0 Å². The van der Waals surface area contributed by atoms with Crippen molar-refractivity contribution in [3.05, 3.63) is 24.3 Å². The minimum atomic E-state index is -0.0607. The smallest absolute Gasteiger partial charge is 0.225 e. The summed E-state index contributed by atoms with van der Waals surface area (Å²) in [5.41, 5.74) is 6.01. The third-order valence-corrected chi connectivity index (χ3v) is 1.82. The van der Waals surface area contributed by atoms with Crippen molar-refractivity contribution in [1.82, 2.24) is 0 Å². The Kier molecular flexibility index (Phi) is 3.79. The van der Waals surface area contributed by atoms with Gasteiger partial charge in [0.15, 0.2) is 0 Å². The summed E-state index contributed by atoms with van der Waals surface area (Å²) >= 11 is 4.13. The highest BCUT2D eigenvalue weighted by Crippen LogP contribution is 2.11. The third-order valence-electron chi connectivity index (χ3n) is 1.52. The lowest BCUT2D eigenvalue weighted by Gasteiger charge is -2.03. The van der Waals surface area contributed by atoms with E-state index >= 15 is 0 Å².